The van der Waals surface area contributed by atoms with Gasteiger partial charge in [0.1, 0.15) is 24.4 Å². The Balaban J connectivity index is 1.70. The van der Waals surface area contributed by atoms with Gasteiger partial charge < -0.3 is 48.6 Å². The highest BCUT2D eigenvalue weighted by Crippen LogP contribution is 2.38. The number of rotatable bonds is 7. The maximum atomic E-state index is 14.4. The number of aliphatic hydroxyl groups excluding tert-OH is 2. The number of carbonyl (C=O) groups is 4. The fraction of sp³-hybridized carbons (Fsp3) is 0.769. The Morgan fingerprint density at radius 2 is 1.52 bits per heavy atom. The lowest BCUT2D eigenvalue weighted by Gasteiger charge is -2.43. The first-order chi connectivity index (χ1) is 31.3. The first-order valence-corrected chi connectivity index (χ1v) is 24.5. The third kappa shape index (κ3) is 14.5. The lowest BCUT2D eigenvalue weighted by Crippen LogP contribution is -2.61. The summed E-state index contributed by atoms with van der Waals surface area (Å²) in [6.07, 6.45) is 12.4. The number of ketones is 2. The molecule has 16 atom stereocenters. The standard InChI is InChI=1S/C52H83NO13/c1-31-17-13-12-14-18-32(2)43(62-9)29-39-22-20-37(7)52(60,66-39)49(57)50(58)53-24-16-15-19-40(53)51(59)65-44(34(4)27-38-21-23-42(61-8)45(28-38)63-10)30-41(54)33(3)26-36(6)47(56)48(64-11)46(55)35(5)25-31/h12-14,17-18,26,31,33-35,37-45,47-48,54,56,60H,15-16,19-25,27-30H2,1-11H3/b14-12-,17-13-,32-18-,36-26-. The molecule has 66 heavy (non-hydrogen) atoms. The average Bonchev–Trinajstić information content (AvgIpc) is 3.30. The van der Waals surface area contributed by atoms with Gasteiger partial charge in [-0.25, -0.2) is 4.79 Å². The molecule has 4 aliphatic rings. The van der Waals surface area contributed by atoms with Crippen molar-refractivity contribution in [3.8, 4) is 0 Å². The van der Waals surface area contributed by atoms with Crippen LogP contribution in [-0.2, 0) is 47.6 Å². The van der Waals surface area contributed by atoms with Crippen LogP contribution in [0.1, 0.15) is 126 Å². The lowest BCUT2D eigenvalue weighted by molar-refractivity contribution is -0.265. The van der Waals surface area contributed by atoms with Crippen molar-refractivity contribution in [2.75, 3.05) is 35.0 Å². The summed E-state index contributed by atoms with van der Waals surface area (Å²) in [5.74, 6) is -7.04. The molecule has 0 aromatic heterocycles. The maximum Gasteiger partial charge on any atom is 0.329 e. The number of piperidine rings is 1. The fourth-order valence-electron chi connectivity index (χ4n) is 10.5. The van der Waals surface area contributed by atoms with E-state index in [1.165, 1.54) is 12.0 Å². The number of carbonyl (C=O) groups excluding carboxylic acids is 4. The quantitative estimate of drug-likeness (QED) is 0.141. The topological polar surface area (TPSA) is 188 Å². The molecule has 374 valence electrons. The number of fused-ring (bicyclic) bond motifs is 3. The van der Waals surface area contributed by atoms with Crippen molar-refractivity contribution < 1.29 is 62.9 Å². The zero-order chi connectivity index (χ0) is 48.9. The Morgan fingerprint density at radius 3 is 2.18 bits per heavy atom. The van der Waals surface area contributed by atoms with E-state index in [2.05, 4.69) is 0 Å². The van der Waals surface area contributed by atoms with Crippen LogP contribution in [0.25, 0.3) is 0 Å². The smallest absolute Gasteiger partial charge is 0.329 e. The Hall–Kier alpha value is -3.08. The van der Waals surface area contributed by atoms with Crippen LogP contribution in [0, 0.1) is 35.5 Å². The normalized spacial score (nSPS) is 41.1. The summed E-state index contributed by atoms with van der Waals surface area (Å²) in [5, 5.41) is 35.3. The van der Waals surface area contributed by atoms with Crippen LogP contribution in [0.3, 0.4) is 0 Å². The summed E-state index contributed by atoms with van der Waals surface area (Å²) in [6.45, 7) is 13.1. The molecule has 3 N–H and O–H groups in total. The maximum absolute atomic E-state index is 14.4. The monoisotopic (exact) mass is 930 g/mol. The van der Waals surface area contributed by atoms with Gasteiger partial charge in [0.2, 0.25) is 5.79 Å². The summed E-state index contributed by atoms with van der Waals surface area (Å²) < 4.78 is 35.5. The Kier molecular flexibility index (Phi) is 21.9. The second-order valence-corrected chi connectivity index (χ2v) is 20.0. The van der Waals surface area contributed by atoms with E-state index >= 15 is 0 Å². The van der Waals surface area contributed by atoms with Crippen molar-refractivity contribution in [1.29, 1.82) is 0 Å². The number of amides is 1. The molecule has 1 saturated carbocycles. The number of hydrogen-bond acceptors (Lipinski definition) is 13. The largest absolute Gasteiger partial charge is 0.460 e. The van der Waals surface area contributed by atoms with Gasteiger partial charge >= 0.3 is 5.97 Å². The van der Waals surface area contributed by atoms with Crippen LogP contribution in [0.2, 0.25) is 0 Å². The number of methoxy groups -OCH3 is 4. The van der Waals surface area contributed by atoms with Crippen molar-refractivity contribution in [2.45, 2.75) is 186 Å². The zero-order valence-electron chi connectivity index (χ0n) is 41.7. The summed E-state index contributed by atoms with van der Waals surface area (Å²) in [4.78, 5) is 57.9. The minimum Gasteiger partial charge on any atom is -0.460 e. The van der Waals surface area contributed by atoms with Gasteiger partial charge in [0, 0.05) is 65.6 Å². The second-order valence-electron chi connectivity index (χ2n) is 20.0. The van der Waals surface area contributed by atoms with Crippen molar-refractivity contribution in [3.63, 3.8) is 0 Å². The molecule has 1 aliphatic carbocycles. The lowest BCUT2D eigenvalue weighted by atomic mass is 9.78. The number of ether oxygens (including phenoxy) is 6. The molecule has 14 heteroatoms. The van der Waals surface area contributed by atoms with Gasteiger partial charge in [0.05, 0.1) is 30.5 Å². The highest BCUT2D eigenvalue weighted by molar-refractivity contribution is 6.39. The van der Waals surface area contributed by atoms with E-state index in [0.717, 1.165) is 24.8 Å². The molecule has 4 rings (SSSR count). The Bertz CT molecular complexity index is 1730. The van der Waals surface area contributed by atoms with Gasteiger partial charge in [-0.15, -0.1) is 0 Å². The highest BCUT2D eigenvalue weighted by atomic mass is 16.6. The molecule has 2 bridgehead atoms. The molecule has 3 heterocycles. The first kappa shape index (κ1) is 55.5. The van der Waals surface area contributed by atoms with E-state index in [1.54, 1.807) is 48.2 Å². The van der Waals surface area contributed by atoms with Crippen LogP contribution in [0.15, 0.2) is 47.6 Å². The van der Waals surface area contributed by atoms with Gasteiger partial charge in [0.15, 0.2) is 5.78 Å². The van der Waals surface area contributed by atoms with Crippen molar-refractivity contribution in [3.05, 3.63) is 47.6 Å². The molecule has 3 fully saturated rings. The number of aliphatic hydroxyl groups is 3. The average molecular weight is 930 g/mol. The van der Waals surface area contributed by atoms with E-state index in [0.29, 0.717) is 50.5 Å². The summed E-state index contributed by atoms with van der Waals surface area (Å²) in [7, 11) is 6.35. The SMILES string of the molecule is COC1CC2CCC(C)C(O)(O2)C(=O)C(=O)N2CCCCC2C(=O)OC(C(C)CC2CCC(OC)C(OC)C2)CC(O)C(C)/C=C(/C)C(O)C(OC)C(=O)C(C)CC(C)\C=C/C=C\C=C/1C. The Morgan fingerprint density at radius 1 is 0.803 bits per heavy atom. The number of hydrogen-bond donors (Lipinski definition) is 3. The summed E-state index contributed by atoms with van der Waals surface area (Å²) in [6, 6.07) is -1.09. The number of esters is 1. The van der Waals surface area contributed by atoms with E-state index < -0.39 is 83.9 Å². The molecule has 1 amide bonds. The third-order valence-corrected chi connectivity index (χ3v) is 14.9. The first-order valence-electron chi connectivity index (χ1n) is 24.5. The molecule has 0 spiro atoms. The van der Waals surface area contributed by atoms with Crippen LogP contribution in [0.5, 0.6) is 0 Å². The summed E-state index contributed by atoms with van der Waals surface area (Å²) >= 11 is 0. The van der Waals surface area contributed by atoms with Crippen molar-refractivity contribution in [2.24, 2.45) is 35.5 Å². The predicted octanol–water partition coefficient (Wildman–Crippen LogP) is 6.63. The molecule has 0 radical (unpaired) electrons. The van der Waals surface area contributed by atoms with Crippen LogP contribution in [-0.4, -0.2) is 139 Å². The number of cyclic esters (lactones) is 1. The van der Waals surface area contributed by atoms with Crippen LogP contribution >= 0.6 is 0 Å². The summed E-state index contributed by atoms with van der Waals surface area (Å²) in [5.41, 5.74) is 1.35. The highest BCUT2D eigenvalue weighted by Gasteiger charge is 2.53. The van der Waals surface area contributed by atoms with E-state index in [-0.39, 0.29) is 55.1 Å². The second kappa shape index (κ2) is 26.1. The fourth-order valence-corrected chi connectivity index (χ4v) is 10.5. The van der Waals surface area contributed by atoms with E-state index in [9.17, 15) is 34.5 Å². The van der Waals surface area contributed by atoms with Crippen molar-refractivity contribution >= 4 is 23.4 Å². The number of Topliss-reactive ketones (excluding diaryl/α,β-unsaturated/α-hetero) is 2. The number of nitrogens with zero attached hydrogens (tertiary/aromatic N) is 1. The molecular weight excluding hydrogens is 847 g/mol. The minimum absolute atomic E-state index is 0.0191. The van der Waals surface area contributed by atoms with E-state index in [1.807, 2.05) is 58.1 Å². The van der Waals surface area contributed by atoms with Crippen LogP contribution < -0.4 is 0 Å². The molecule has 0 aromatic rings. The minimum atomic E-state index is -2.41. The van der Waals surface area contributed by atoms with Gasteiger partial charge in [-0.1, -0.05) is 71.1 Å². The molecule has 14 nitrogen and oxygen atoms in total. The third-order valence-electron chi connectivity index (χ3n) is 14.9. The van der Waals surface area contributed by atoms with Gasteiger partial charge in [-0.2, -0.15) is 0 Å². The molecule has 16 unspecified atom stereocenters. The van der Waals surface area contributed by atoms with Gasteiger partial charge in [0.25, 0.3) is 11.7 Å². The zero-order valence-corrected chi connectivity index (χ0v) is 41.7. The molecule has 3 aliphatic heterocycles. The number of allylic oxidation sites excluding steroid dienone is 5. The van der Waals surface area contributed by atoms with Gasteiger partial charge in [-0.3, -0.25) is 14.4 Å². The molecular formula is C52H83NO13. The van der Waals surface area contributed by atoms with Crippen LogP contribution in [0.4, 0.5) is 0 Å². The molecule has 0 aromatic carbocycles. The molecule has 2 saturated heterocycles. The van der Waals surface area contributed by atoms with Gasteiger partial charge in [-0.05, 0) is 107 Å². The van der Waals surface area contributed by atoms with Crippen molar-refractivity contribution in [1.82, 2.24) is 4.90 Å². The van der Waals surface area contributed by atoms with E-state index in [4.69, 9.17) is 28.4 Å². The Labute approximate surface area is 394 Å². The predicted molar refractivity (Wildman–Crippen MR) is 251 cm³/mol.